The Morgan fingerprint density at radius 3 is 2.33 bits per heavy atom. The van der Waals surface area contributed by atoms with E-state index in [4.69, 9.17) is 15.3 Å². The van der Waals surface area contributed by atoms with Gasteiger partial charge in [-0.3, -0.25) is 4.79 Å². The van der Waals surface area contributed by atoms with Gasteiger partial charge in [-0.1, -0.05) is 17.7 Å². The number of aliphatic hydroxyl groups is 2. The van der Waals surface area contributed by atoms with Crippen molar-refractivity contribution in [3.05, 3.63) is 23.3 Å². The topological polar surface area (TPSA) is 115 Å². The lowest BCUT2D eigenvalue weighted by molar-refractivity contribution is -0.147. The Bertz CT molecular complexity index is 409. The van der Waals surface area contributed by atoms with E-state index < -0.39 is 17.4 Å². The van der Waals surface area contributed by atoms with Crippen LogP contribution in [0.25, 0.3) is 0 Å². The van der Waals surface area contributed by atoms with E-state index in [1.54, 1.807) is 0 Å². The predicted octanol–water partition coefficient (Wildman–Crippen LogP) is 0.163. The average molecular weight is 256 g/mol. The molecule has 0 bridgehead atoms. The van der Waals surface area contributed by atoms with E-state index in [1.165, 1.54) is 12.2 Å². The molecule has 4 N–H and O–H groups in total. The Kier molecular flexibility index (Phi) is 4.63. The third-order valence-electron chi connectivity index (χ3n) is 3.11. The van der Waals surface area contributed by atoms with Crippen LogP contribution in [-0.2, 0) is 9.59 Å². The maximum absolute atomic E-state index is 11.3. The van der Waals surface area contributed by atoms with E-state index in [0.29, 0.717) is 5.57 Å². The van der Waals surface area contributed by atoms with Gasteiger partial charge in [-0.15, -0.1) is 0 Å². The first-order chi connectivity index (χ1) is 8.46. The zero-order valence-electron chi connectivity index (χ0n) is 9.80. The quantitative estimate of drug-likeness (QED) is 0.538. The van der Waals surface area contributed by atoms with Crippen LogP contribution in [0.15, 0.2) is 23.3 Å². The van der Waals surface area contributed by atoms with Crippen molar-refractivity contribution in [2.45, 2.75) is 19.3 Å². The summed E-state index contributed by atoms with van der Waals surface area (Å²) >= 11 is 0. The van der Waals surface area contributed by atoms with Gasteiger partial charge in [-0.2, -0.15) is 0 Å². The number of carbonyl (C=O) groups is 2. The fraction of sp³-hybridized carbons (Fsp3) is 0.500. The zero-order chi connectivity index (χ0) is 13.8. The Balaban J connectivity index is 3.12. The van der Waals surface area contributed by atoms with Gasteiger partial charge in [0.1, 0.15) is 0 Å². The van der Waals surface area contributed by atoms with Crippen molar-refractivity contribution in [1.29, 1.82) is 0 Å². The van der Waals surface area contributed by atoms with Gasteiger partial charge in [0.15, 0.2) is 0 Å². The third-order valence-corrected chi connectivity index (χ3v) is 3.11. The van der Waals surface area contributed by atoms with Crippen LogP contribution in [0.4, 0.5) is 0 Å². The molecular formula is C12H16O6. The highest BCUT2D eigenvalue weighted by Gasteiger charge is 2.39. The van der Waals surface area contributed by atoms with Crippen molar-refractivity contribution in [3.8, 4) is 0 Å². The molecule has 1 aliphatic rings. The maximum Gasteiger partial charge on any atom is 0.335 e. The molecule has 0 heterocycles. The molecule has 6 nitrogen and oxygen atoms in total. The molecule has 1 atom stereocenters. The Morgan fingerprint density at radius 1 is 1.22 bits per heavy atom. The smallest absolute Gasteiger partial charge is 0.335 e. The number of hydrogen-bond donors (Lipinski definition) is 4. The molecule has 0 radical (unpaired) electrons. The van der Waals surface area contributed by atoms with Gasteiger partial charge in [0.05, 0.1) is 11.0 Å². The number of rotatable bonds is 6. The van der Waals surface area contributed by atoms with E-state index in [2.05, 4.69) is 0 Å². The number of carboxylic acid groups (broad SMARTS) is 2. The molecule has 0 aromatic carbocycles. The number of aliphatic hydroxyl groups excluding tert-OH is 2. The van der Waals surface area contributed by atoms with Crippen LogP contribution < -0.4 is 0 Å². The van der Waals surface area contributed by atoms with Crippen molar-refractivity contribution in [2.75, 3.05) is 13.2 Å². The van der Waals surface area contributed by atoms with Crippen LogP contribution in [0.3, 0.4) is 0 Å². The van der Waals surface area contributed by atoms with Crippen LogP contribution in [-0.4, -0.2) is 45.6 Å². The molecule has 0 aliphatic heterocycles. The molecule has 0 fully saturated rings. The highest BCUT2D eigenvalue weighted by Crippen LogP contribution is 2.38. The first-order valence-corrected chi connectivity index (χ1v) is 5.56. The lowest BCUT2D eigenvalue weighted by Gasteiger charge is -2.30. The summed E-state index contributed by atoms with van der Waals surface area (Å²) in [4.78, 5) is 22.3. The highest BCUT2D eigenvalue weighted by molar-refractivity contribution is 5.92. The summed E-state index contributed by atoms with van der Waals surface area (Å²) in [6, 6.07) is 0. The molecule has 0 aromatic rings. The van der Waals surface area contributed by atoms with Crippen molar-refractivity contribution in [3.63, 3.8) is 0 Å². The van der Waals surface area contributed by atoms with Crippen molar-refractivity contribution < 1.29 is 30.0 Å². The molecule has 0 amide bonds. The van der Waals surface area contributed by atoms with Gasteiger partial charge in [0.25, 0.3) is 0 Å². The van der Waals surface area contributed by atoms with Crippen LogP contribution >= 0.6 is 0 Å². The van der Waals surface area contributed by atoms with E-state index in [9.17, 15) is 14.7 Å². The normalized spacial score (nSPS) is 23.2. The van der Waals surface area contributed by atoms with Gasteiger partial charge in [0, 0.05) is 13.2 Å². The van der Waals surface area contributed by atoms with Crippen LogP contribution in [0.2, 0.25) is 0 Å². The van der Waals surface area contributed by atoms with Gasteiger partial charge in [-0.05, 0) is 19.3 Å². The number of hydrogen-bond acceptors (Lipinski definition) is 4. The molecule has 6 heteroatoms. The molecule has 0 aromatic heterocycles. The zero-order valence-corrected chi connectivity index (χ0v) is 9.80. The first kappa shape index (κ1) is 14.4. The molecule has 1 unspecified atom stereocenters. The monoisotopic (exact) mass is 256 g/mol. The minimum atomic E-state index is -1.28. The van der Waals surface area contributed by atoms with E-state index in [1.807, 2.05) is 0 Å². The highest BCUT2D eigenvalue weighted by atomic mass is 16.4. The van der Waals surface area contributed by atoms with Gasteiger partial charge < -0.3 is 20.4 Å². The predicted molar refractivity (Wildman–Crippen MR) is 61.9 cm³/mol. The molecule has 0 saturated carbocycles. The summed E-state index contributed by atoms with van der Waals surface area (Å²) in [7, 11) is 0. The average Bonchev–Trinajstić information content (AvgIpc) is 2.29. The molecule has 1 rings (SSSR count). The van der Waals surface area contributed by atoms with Crippen molar-refractivity contribution in [2.24, 2.45) is 5.41 Å². The van der Waals surface area contributed by atoms with Crippen LogP contribution in [0, 0.1) is 5.41 Å². The minimum Gasteiger partial charge on any atom is -0.481 e. The summed E-state index contributed by atoms with van der Waals surface area (Å²) in [5, 5.41) is 36.1. The van der Waals surface area contributed by atoms with Crippen LogP contribution in [0.1, 0.15) is 19.3 Å². The lowest BCUT2D eigenvalue weighted by atomic mass is 9.73. The molecule has 1 aliphatic carbocycles. The molecule has 100 valence electrons. The van der Waals surface area contributed by atoms with E-state index in [0.717, 1.165) is 0 Å². The van der Waals surface area contributed by atoms with E-state index >= 15 is 0 Å². The first-order valence-electron chi connectivity index (χ1n) is 5.56. The Morgan fingerprint density at radius 2 is 1.89 bits per heavy atom. The van der Waals surface area contributed by atoms with Gasteiger partial charge >= 0.3 is 11.9 Å². The third kappa shape index (κ3) is 2.77. The molecular weight excluding hydrogens is 240 g/mol. The summed E-state index contributed by atoms with van der Waals surface area (Å²) < 4.78 is 0. The molecule has 18 heavy (non-hydrogen) atoms. The SMILES string of the molecule is O=C(O)C1=C(CCO)CC(CCO)(C(=O)O)C=C1. The second-order valence-corrected chi connectivity index (χ2v) is 4.24. The standard InChI is InChI=1S/C12H16O6/c13-5-2-8-7-12(4-6-14,11(17)18)3-1-9(8)10(15)16/h1,3,13-14H,2,4-7H2,(H,15,16)(H,17,18). The maximum atomic E-state index is 11.3. The minimum absolute atomic E-state index is 0.00157. The fourth-order valence-corrected chi connectivity index (χ4v) is 2.10. The van der Waals surface area contributed by atoms with Gasteiger partial charge in [0.2, 0.25) is 0 Å². The Labute approximate surface area is 104 Å². The number of carboxylic acids is 2. The Hall–Kier alpha value is -1.66. The largest absolute Gasteiger partial charge is 0.481 e. The summed E-state index contributed by atoms with van der Waals surface area (Å²) in [6.07, 6.45) is 2.70. The van der Waals surface area contributed by atoms with E-state index in [-0.39, 0.29) is 38.0 Å². The summed E-state index contributed by atoms with van der Waals surface area (Å²) in [5.41, 5.74) is -0.861. The van der Waals surface area contributed by atoms with Crippen molar-refractivity contribution in [1.82, 2.24) is 0 Å². The second kappa shape index (κ2) is 5.79. The second-order valence-electron chi connectivity index (χ2n) is 4.24. The lowest BCUT2D eigenvalue weighted by Crippen LogP contribution is -2.33. The molecule has 0 spiro atoms. The van der Waals surface area contributed by atoms with Crippen molar-refractivity contribution >= 4 is 11.9 Å². The molecule has 0 saturated heterocycles. The summed E-state index contributed by atoms with van der Waals surface area (Å²) in [5.74, 6) is -2.25. The summed E-state index contributed by atoms with van der Waals surface area (Å²) in [6.45, 7) is -0.541. The number of aliphatic carboxylic acids is 2. The fourth-order valence-electron chi connectivity index (χ4n) is 2.10. The van der Waals surface area contributed by atoms with Crippen LogP contribution in [0.5, 0.6) is 0 Å². The van der Waals surface area contributed by atoms with Gasteiger partial charge in [-0.25, -0.2) is 4.79 Å².